The smallest absolute Gasteiger partial charge is 0.246 e. The first-order valence-corrected chi connectivity index (χ1v) is 7.18. The quantitative estimate of drug-likeness (QED) is 0.346. The number of likely N-dealkylation sites (N-methyl/N-ethyl adjacent to an activating group) is 1. The summed E-state index contributed by atoms with van der Waals surface area (Å²) in [6.07, 6.45) is -0.901. The highest BCUT2D eigenvalue weighted by atomic mass is 32.2. The average Bonchev–Trinajstić information content (AvgIpc) is 2.37. The van der Waals surface area contributed by atoms with E-state index in [0.717, 1.165) is 11.9 Å². The molecule has 8 heteroatoms. The molecule has 0 aliphatic heterocycles. The second kappa shape index (κ2) is 9.96. The number of hydrogen-bond donors (Lipinski definition) is 3. The molecule has 0 spiro atoms. The molecule has 0 heterocycles. The maximum atomic E-state index is 13.0. The fourth-order valence-corrected chi connectivity index (χ4v) is 2.82. The van der Waals surface area contributed by atoms with Crippen LogP contribution in [0.2, 0.25) is 0 Å². The van der Waals surface area contributed by atoms with Gasteiger partial charge in [-0.2, -0.15) is 3.89 Å². The van der Waals surface area contributed by atoms with E-state index in [1.165, 1.54) is 0 Å². The zero-order valence-corrected chi connectivity index (χ0v) is 12.3. The number of alkyl halides is 2. The number of allylic oxidation sites excluding steroid dienone is 1. The van der Waals surface area contributed by atoms with E-state index in [4.69, 9.17) is 5.14 Å². The second-order valence-electron chi connectivity index (χ2n) is 3.65. The van der Waals surface area contributed by atoms with Crippen LogP contribution in [-0.2, 0) is 0 Å². The summed E-state index contributed by atoms with van der Waals surface area (Å²) in [4.78, 5) is 0. The van der Waals surface area contributed by atoms with E-state index in [-0.39, 0.29) is 18.7 Å². The van der Waals surface area contributed by atoms with Crippen LogP contribution < -0.4 is 15.8 Å². The van der Waals surface area contributed by atoms with Gasteiger partial charge in [0.1, 0.15) is 4.58 Å². The van der Waals surface area contributed by atoms with Crippen molar-refractivity contribution in [3.8, 4) is 0 Å². The number of rotatable bonds is 9. The summed E-state index contributed by atoms with van der Waals surface area (Å²) in [6.45, 7) is 1.81. The Morgan fingerprint density at radius 1 is 1.39 bits per heavy atom. The second-order valence-corrected chi connectivity index (χ2v) is 5.41. The number of hydrogen-bond acceptors (Lipinski definition) is 5. The molecule has 0 aliphatic carbocycles. The lowest BCUT2D eigenvalue weighted by molar-refractivity contribution is 0.0918. The maximum Gasteiger partial charge on any atom is 0.246 e. The molecule has 0 aromatic carbocycles. The molecule has 0 aliphatic rings. The van der Waals surface area contributed by atoms with E-state index < -0.39 is 23.0 Å². The van der Waals surface area contributed by atoms with Gasteiger partial charge in [-0.05, 0) is 26.6 Å². The van der Waals surface area contributed by atoms with Gasteiger partial charge in [-0.25, -0.2) is 8.78 Å². The zero-order chi connectivity index (χ0) is 14.1. The van der Waals surface area contributed by atoms with Crippen LogP contribution in [-0.4, -0.2) is 37.7 Å². The van der Waals surface area contributed by atoms with Crippen molar-refractivity contribution in [1.29, 1.82) is 0 Å². The van der Waals surface area contributed by atoms with Gasteiger partial charge < -0.3 is 10.6 Å². The van der Waals surface area contributed by atoms with Gasteiger partial charge in [-0.15, -0.1) is 0 Å². The zero-order valence-electron chi connectivity index (χ0n) is 10.6. The molecule has 0 bridgehead atoms. The molecular weight excluding hydrogens is 283 g/mol. The largest absolute Gasteiger partial charge is 0.319 e. The standard InChI is InChI=1S/C10H20F3N3S2/c1-4-6(7(5-15-2)9(11)12)8(16-3)10(17-13)18-14/h4,7-10,15-16H,5,14H2,1-3H3/b6-4-. The van der Waals surface area contributed by atoms with Crippen LogP contribution in [0.15, 0.2) is 11.6 Å². The molecule has 0 saturated carbocycles. The van der Waals surface area contributed by atoms with Gasteiger partial charge in [-0.1, -0.05) is 18.0 Å². The lowest BCUT2D eigenvalue weighted by Crippen LogP contribution is -2.42. The van der Waals surface area contributed by atoms with Crippen molar-refractivity contribution in [2.75, 3.05) is 20.6 Å². The molecule has 4 N–H and O–H groups in total. The molecule has 0 saturated heterocycles. The topological polar surface area (TPSA) is 50.1 Å². The molecule has 108 valence electrons. The minimum atomic E-state index is -2.51. The van der Waals surface area contributed by atoms with E-state index in [1.807, 2.05) is 0 Å². The number of nitrogens with one attached hydrogen (secondary N) is 2. The molecule has 18 heavy (non-hydrogen) atoms. The molecule has 0 radical (unpaired) electrons. The SMILES string of the molecule is C/C=C(/C(CNC)C(F)F)C(NC)C(SN)SF. The Morgan fingerprint density at radius 2 is 2.00 bits per heavy atom. The summed E-state index contributed by atoms with van der Waals surface area (Å²) in [5.41, 5.74) is 0.468. The minimum Gasteiger partial charge on any atom is -0.319 e. The van der Waals surface area contributed by atoms with Crippen LogP contribution in [0, 0.1) is 5.92 Å². The molecule has 3 atom stereocenters. The van der Waals surface area contributed by atoms with Crippen molar-refractivity contribution in [1.82, 2.24) is 10.6 Å². The first kappa shape index (κ1) is 18.1. The molecule has 0 aromatic rings. The Hall–Kier alpha value is 0.110. The third-order valence-corrected chi connectivity index (χ3v) is 4.19. The predicted octanol–water partition coefficient (Wildman–Crippen LogP) is 2.17. The summed E-state index contributed by atoms with van der Waals surface area (Å²) in [5.74, 6) is -0.959. The molecule has 0 rings (SSSR count). The summed E-state index contributed by atoms with van der Waals surface area (Å²) in [6, 6.07) is -0.535. The van der Waals surface area contributed by atoms with Gasteiger partial charge in [0.05, 0.1) is 24.1 Å². The Labute approximate surface area is 115 Å². The predicted molar refractivity (Wildman–Crippen MR) is 74.3 cm³/mol. The van der Waals surface area contributed by atoms with Crippen molar-refractivity contribution in [2.24, 2.45) is 11.1 Å². The summed E-state index contributed by atoms with van der Waals surface area (Å²) in [7, 11) is 3.21. The van der Waals surface area contributed by atoms with E-state index in [9.17, 15) is 12.7 Å². The van der Waals surface area contributed by atoms with E-state index >= 15 is 0 Å². The molecule has 0 fully saturated rings. The van der Waals surface area contributed by atoms with Crippen molar-refractivity contribution >= 4 is 24.1 Å². The van der Waals surface area contributed by atoms with Crippen molar-refractivity contribution in [3.63, 3.8) is 0 Å². The lowest BCUT2D eigenvalue weighted by Gasteiger charge is -2.29. The van der Waals surface area contributed by atoms with Gasteiger partial charge in [0.15, 0.2) is 0 Å². The molecular formula is C10H20F3N3S2. The highest BCUT2D eigenvalue weighted by Gasteiger charge is 2.33. The number of halogens is 3. The van der Waals surface area contributed by atoms with E-state index in [1.54, 1.807) is 27.1 Å². The Bertz CT molecular complexity index is 251. The number of nitrogens with two attached hydrogens (primary N) is 1. The summed E-state index contributed by atoms with van der Waals surface area (Å²) < 4.78 is 38.2. The highest BCUT2D eigenvalue weighted by Crippen LogP contribution is 2.32. The van der Waals surface area contributed by atoms with Gasteiger partial charge in [-0.3, -0.25) is 5.14 Å². The van der Waals surface area contributed by atoms with Crippen LogP contribution in [0.3, 0.4) is 0 Å². The molecule has 0 aromatic heterocycles. The van der Waals surface area contributed by atoms with Crippen LogP contribution in [0.5, 0.6) is 0 Å². The van der Waals surface area contributed by atoms with Gasteiger partial charge in [0.2, 0.25) is 6.43 Å². The Balaban J connectivity index is 5.11. The monoisotopic (exact) mass is 303 g/mol. The maximum absolute atomic E-state index is 13.0. The molecule has 0 amide bonds. The third kappa shape index (κ3) is 5.00. The van der Waals surface area contributed by atoms with E-state index in [0.29, 0.717) is 5.57 Å². The van der Waals surface area contributed by atoms with Crippen LogP contribution in [0.1, 0.15) is 6.92 Å². The van der Waals surface area contributed by atoms with Crippen LogP contribution in [0.25, 0.3) is 0 Å². The molecule has 3 nitrogen and oxygen atoms in total. The van der Waals surface area contributed by atoms with Gasteiger partial charge >= 0.3 is 0 Å². The minimum absolute atomic E-state index is 0.0628. The fourth-order valence-electron chi connectivity index (χ4n) is 1.81. The van der Waals surface area contributed by atoms with E-state index in [2.05, 4.69) is 10.6 Å². The van der Waals surface area contributed by atoms with Crippen LogP contribution in [0.4, 0.5) is 12.7 Å². The van der Waals surface area contributed by atoms with Crippen molar-refractivity contribution in [3.05, 3.63) is 11.6 Å². The Morgan fingerprint density at radius 3 is 2.28 bits per heavy atom. The third-order valence-electron chi connectivity index (χ3n) is 2.65. The summed E-state index contributed by atoms with van der Waals surface area (Å²) in [5, 5.41) is 11.0. The van der Waals surface area contributed by atoms with Crippen molar-refractivity contribution < 1.29 is 12.7 Å². The normalized spacial score (nSPS) is 17.9. The summed E-state index contributed by atoms with van der Waals surface area (Å²) >= 11 is 0.876. The van der Waals surface area contributed by atoms with Crippen molar-refractivity contribution in [2.45, 2.75) is 24.0 Å². The molecule has 3 unspecified atom stereocenters. The lowest BCUT2D eigenvalue weighted by atomic mass is 9.93. The highest BCUT2D eigenvalue weighted by molar-refractivity contribution is 8.13. The van der Waals surface area contributed by atoms with Gasteiger partial charge in [0, 0.05) is 6.54 Å². The van der Waals surface area contributed by atoms with Crippen LogP contribution >= 0.6 is 24.1 Å². The van der Waals surface area contributed by atoms with Gasteiger partial charge in [0.25, 0.3) is 0 Å². The average molecular weight is 303 g/mol. The fraction of sp³-hybridized carbons (Fsp3) is 0.800. The first-order chi connectivity index (χ1) is 8.56. The first-order valence-electron chi connectivity index (χ1n) is 5.46. The Kier molecular flexibility index (Phi) is 10.0.